The fourth-order valence-electron chi connectivity index (χ4n) is 4.40. The second kappa shape index (κ2) is 5.97. The van der Waals surface area contributed by atoms with E-state index in [1.165, 1.54) is 44.5 Å². The first-order valence-corrected chi connectivity index (χ1v) is 10.5. The highest BCUT2D eigenvalue weighted by Gasteiger charge is 2.32. The van der Waals surface area contributed by atoms with Crippen LogP contribution in [0.15, 0.2) is 82.3 Å². The Bertz CT molecular complexity index is 1240. The van der Waals surface area contributed by atoms with Crippen molar-refractivity contribution in [3.63, 3.8) is 0 Å². The summed E-state index contributed by atoms with van der Waals surface area (Å²) in [7, 11) is 0. The molecule has 28 heavy (non-hydrogen) atoms. The summed E-state index contributed by atoms with van der Waals surface area (Å²) in [4.78, 5) is 8.73. The molecule has 2 heterocycles. The van der Waals surface area contributed by atoms with Gasteiger partial charge in [-0.2, -0.15) is 0 Å². The van der Waals surface area contributed by atoms with E-state index in [1.54, 1.807) is 0 Å². The zero-order valence-corrected chi connectivity index (χ0v) is 17.8. The Morgan fingerprint density at radius 2 is 0.893 bits per heavy atom. The van der Waals surface area contributed by atoms with Crippen LogP contribution in [0.3, 0.4) is 0 Å². The summed E-state index contributed by atoms with van der Waals surface area (Å²) in [6.07, 6.45) is 7.64. The maximum absolute atomic E-state index is 4.37. The van der Waals surface area contributed by atoms with Gasteiger partial charge in [0.15, 0.2) is 0 Å². The van der Waals surface area contributed by atoms with Crippen molar-refractivity contribution in [2.24, 2.45) is 0 Å². The first-order chi connectivity index (χ1) is 13.7. The van der Waals surface area contributed by atoms with E-state index < -0.39 is 0 Å². The third-order valence-corrected chi connectivity index (χ3v) is 6.50. The molecule has 4 heteroatoms. The number of pyridine rings is 2. The normalized spacial score (nSPS) is 13.2. The summed E-state index contributed by atoms with van der Waals surface area (Å²) in [5.41, 5.74) is 12.3. The van der Waals surface area contributed by atoms with Crippen molar-refractivity contribution in [3.05, 3.63) is 105 Å². The maximum atomic E-state index is 4.37. The van der Waals surface area contributed by atoms with Crippen LogP contribution in [0.4, 0.5) is 0 Å². The number of benzene rings is 2. The van der Waals surface area contributed by atoms with Crippen LogP contribution < -0.4 is 0 Å². The smallest absolute Gasteiger partial charge is 0.0353 e. The first-order valence-electron chi connectivity index (χ1n) is 8.96. The fourth-order valence-corrected chi connectivity index (χ4v) is 5.12. The van der Waals surface area contributed by atoms with E-state index in [0.717, 1.165) is 20.1 Å². The highest BCUT2D eigenvalue weighted by atomic mass is 79.9. The van der Waals surface area contributed by atoms with Gasteiger partial charge in [0.2, 0.25) is 0 Å². The third-order valence-electron chi connectivity index (χ3n) is 5.51. The van der Waals surface area contributed by atoms with Gasteiger partial charge in [0, 0.05) is 44.9 Å². The molecule has 2 aliphatic rings. The molecule has 132 valence electrons. The zero-order valence-electron chi connectivity index (χ0n) is 14.6. The summed E-state index contributed by atoms with van der Waals surface area (Å²) in [5, 5.41) is 0. The minimum atomic E-state index is 1.09. The van der Waals surface area contributed by atoms with Gasteiger partial charge in [-0.25, -0.2) is 0 Å². The maximum Gasteiger partial charge on any atom is 0.0353 e. The van der Waals surface area contributed by atoms with E-state index in [-0.39, 0.29) is 0 Å². The van der Waals surface area contributed by atoms with Crippen LogP contribution >= 0.6 is 31.9 Å². The van der Waals surface area contributed by atoms with Crippen molar-refractivity contribution in [3.8, 4) is 22.3 Å². The lowest BCUT2D eigenvalue weighted by molar-refractivity contribution is 1.30. The Morgan fingerprint density at radius 3 is 1.36 bits per heavy atom. The topological polar surface area (TPSA) is 25.8 Å². The van der Waals surface area contributed by atoms with Crippen LogP contribution in [-0.4, -0.2) is 9.97 Å². The molecular formula is C24H12Br2N2. The SMILES string of the molecule is Brc1ccc2c(c1)-c1cc(Br)ccc1C2=C1c2ccncc2-c2cnccc21. The van der Waals surface area contributed by atoms with Gasteiger partial charge < -0.3 is 0 Å². The molecule has 2 aromatic heterocycles. The number of fused-ring (bicyclic) bond motifs is 6. The summed E-state index contributed by atoms with van der Waals surface area (Å²) < 4.78 is 2.17. The van der Waals surface area contributed by atoms with E-state index >= 15 is 0 Å². The quantitative estimate of drug-likeness (QED) is 0.231. The number of halogens is 2. The zero-order chi connectivity index (χ0) is 18.8. The molecule has 2 nitrogen and oxygen atoms in total. The molecule has 0 radical (unpaired) electrons. The summed E-state index contributed by atoms with van der Waals surface area (Å²) in [6.45, 7) is 0. The molecule has 0 atom stereocenters. The van der Waals surface area contributed by atoms with Crippen LogP contribution in [-0.2, 0) is 0 Å². The molecule has 0 saturated heterocycles. The molecule has 2 aromatic carbocycles. The Morgan fingerprint density at radius 1 is 0.464 bits per heavy atom. The Hall–Kier alpha value is -2.56. The molecule has 0 N–H and O–H groups in total. The molecule has 0 saturated carbocycles. The van der Waals surface area contributed by atoms with Gasteiger partial charge in [0.05, 0.1) is 0 Å². The van der Waals surface area contributed by atoms with E-state index in [4.69, 9.17) is 0 Å². The monoisotopic (exact) mass is 486 g/mol. The predicted molar refractivity (Wildman–Crippen MR) is 120 cm³/mol. The molecule has 0 spiro atoms. The largest absolute Gasteiger partial charge is 0.264 e. The van der Waals surface area contributed by atoms with Crippen LogP contribution in [0.25, 0.3) is 33.4 Å². The molecule has 2 aliphatic carbocycles. The molecule has 6 rings (SSSR count). The van der Waals surface area contributed by atoms with Crippen LogP contribution in [0.5, 0.6) is 0 Å². The van der Waals surface area contributed by atoms with Crippen molar-refractivity contribution in [1.29, 1.82) is 0 Å². The summed E-state index contributed by atoms with van der Waals surface area (Å²) in [6, 6.07) is 17.3. The Balaban J connectivity index is 1.80. The second-order valence-electron chi connectivity index (χ2n) is 6.97. The summed E-state index contributed by atoms with van der Waals surface area (Å²) in [5.74, 6) is 0. The van der Waals surface area contributed by atoms with Gasteiger partial charge in [-0.3, -0.25) is 9.97 Å². The molecule has 0 amide bonds. The van der Waals surface area contributed by atoms with Gasteiger partial charge in [-0.1, -0.05) is 44.0 Å². The number of nitrogens with zero attached hydrogens (tertiary/aromatic N) is 2. The van der Waals surface area contributed by atoms with Crippen molar-refractivity contribution >= 4 is 43.0 Å². The number of aromatic nitrogens is 2. The molecule has 0 aliphatic heterocycles. The molecular weight excluding hydrogens is 476 g/mol. The minimum absolute atomic E-state index is 1.09. The van der Waals surface area contributed by atoms with Crippen LogP contribution in [0, 0.1) is 0 Å². The molecule has 0 fully saturated rings. The molecule has 0 unspecified atom stereocenters. The van der Waals surface area contributed by atoms with Crippen molar-refractivity contribution < 1.29 is 0 Å². The Labute approximate surface area is 179 Å². The minimum Gasteiger partial charge on any atom is -0.264 e. The average Bonchev–Trinajstić information content (AvgIpc) is 3.20. The van der Waals surface area contributed by atoms with Crippen molar-refractivity contribution in [2.45, 2.75) is 0 Å². The van der Waals surface area contributed by atoms with Gasteiger partial charge in [-0.15, -0.1) is 0 Å². The first kappa shape index (κ1) is 16.4. The van der Waals surface area contributed by atoms with Crippen LogP contribution in [0.1, 0.15) is 22.3 Å². The van der Waals surface area contributed by atoms with E-state index in [0.29, 0.717) is 0 Å². The fraction of sp³-hybridized carbons (Fsp3) is 0. The standard InChI is InChI=1S/C24H12Br2N2/c25-13-1-3-15-19(9-13)20-10-14(26)2-4-16(20)23(15)24-17-5-7-27-11-21(17)22-12-28-8-6-18(22)24/h1-12H. The van der Waals surface area contributed by atoms with Crippen molar-refractivity contribution in [1.82, 2.24) is 9.97 Å². The average molecular weight is 488 g/mol. The number of hydrogen-bond donors (Lipinski definition) is 0. The lowest BCUT2D eigenvalue weighted by Crippen LogP contribution is -1.91. The van der Waals surface area contributed by atoms with E-state index in [1.807, 2.05) is 24.8 Å². The van der Waals surface area contributed by atoms with Crippen molar-refractivity contribution in [2.75, 3.05) is 0 Å². The lowest BCUT2D eigenvalue weighted by Gasteiger charge is -2.11. The third kappa shape index (κ3) is 2.19. The second-order valence-corrected chi connectivity index (χ2v) is 8.80. The summed E-state index contributed by atoms with van der Waals surface area (Å²) >= 11 is 7.29. The Kier molecular flexibility index (Phi) is 3.49. The van der Waals surface area contributed by atoms with Gasteiger partial charge >= 0.3 is 0 Å². The van der Waals surface area contributed by atoms with Gasteiger partial charge in [0.1, 0.15) is 0 Å². The molecule has 0 bridgehead atoms. The highest BCUT2D eigenvalue weighted by molar-refractivity contribution is 9.10. The lowest BCUT2D eigenvalue weighted by atomic mass is 9.92. The van der Waals surface area contributed by atoms with Crippen LogP contribution in [0.2, 0.25) is 0 Å². The van der Waals surface area contributed by atoms with Gasteiger partial charge in [0.25, 0.3) is 0 Å². The predicted octanol–water partition coefficient (Wildman–Crippen LogP) is 6.97. The number of hydrogen-bond acceptors (Lipinski definition) is 2. The highest BCUT2D eigenvalue weighted by Crippen LogP contribution is 2.54. The van der Waals surface area contributed by atoms with E-state index in [2.05, 4.69) is 90.4 Å². The molecule has 4 aromatic rings. The van der Waals surface area contributed by atoms with E-state index in [9.17, 15) is 0 Å². The number of rotatable bonds is 0. The van der Waals surface area contributed by atoms with Gasteiger partial charge in [-0.05, 0) is 80.9 Å².